The van der Waals surface area contributed by atoms with Gasteiger partial charge in [0.2, 0.25) is 0 Å². The van der Waals surface area contributed by atoms with Gasteiger partial charge in [-0.2, -0.15) is 0 Å². The van der Waals surface area contributed by atoms with E-state index in [1.807, 2.05) is 42.2 Å². The zero-order valence-electron chi connectivity index (χ0n) is 16.1. The zero-order valence-corrected chi connectivity index (χ0v) is 19.2. The first kappa shape index (κ1) is 22.3. The monoisotopic (exact) mass is 507 g/mol. The number of thioether (sulfide) groups is 1. The second kappa shape index (κ2) is 11.8. The van der Waals surface area contributed by atoms with Gasteiger partial charge in [-0.1, -0.05) is 55.5 Å². The highest BCUT2D eigenvalue weighted by Gasteiger charge is 2.07. The molecule has 0 bridgehead atoms. The summed E-state index contributed by atoms with van der Waals surface area (Å²) >= 11 is 1.85. The topological polar surface area (TPSA) is 65.1 Å². The highest BCUT2D eigenvalue weighted by molar-refractivity contribution is 14.0. The van der Waals surface area contributed by atoms with Crippen LogP contribution in [0.5, 0.6) is 0 Å². The number of nitrogens with zero attached hydrogens (tertiary/aromatic N) is 2. The minimum Gasteiger partial charge on any atom is -0.355 e. The fourth-order valence-corrected chi connectivity index (χ4v) is 3.56. The van der Waals surface area contributed by atoms with Crippen LogP contribution in [-0.4, -0.2) is 34.8 Å². The standard InChI is InChI=1S/C21H25N5S.HI/c1-16(27-18-11-7-4-8-12-18)13-24-21(22-2)25-15-20-23-14-19(26-20)17-9-5-3-6-10-17;/h3-12,14,16H,13,15H2,1-2H3,(H,23,26)(H2,22,24,25);1H. The number of aromatic nitrogens is 2. The van der Waals surface area contributed by atoms with Gasteiger partial charge in [-0.3, -0.25) is 4.99 Å². The second-order valence-corrected chi connectivity index (χ2v) is 7.67. The third kappa shape index (κ3) is 6.87. The molecule has 0 radical (unpaired) electrons. The Morgan fingerprint density at radius 2 is 1.75 bits per heavy atom. The van der Waals surface area contributed by atoms with Gasteiger partial charge in [-0.25, -0.2) is 4.98 Å². The molecule has 0 aliphatic heterocycles. The number of imidazole rings is 1. The zero-order chi connectivity index (χ0) is 18.9. The Hall–Kier alpha value is -2.00. The molecule has 3 rings (SSSR count). The van der Waals surface area contributed by atoms with E-state index in [4.69, 9.17) is 0 Å². The number of benzene rings is 2. The molecule has 5 nitrogen and oxygen atoms in total. The Labute approximate surface area is 187 Å². The van der Waals surface area contributed by atoms with E-state index in [1.165, 1.54) is 4.90 Å². The van der Waals surface area contributed by atoms with Crippen molar-refractivity contribution < 1.29 is 0 Å². The molecule has 1 unspecified atom stereocenters. The van der Waals surface area contributed by atoms with Gasteiger partial charge in [0.1, 0.15) is 5.82 Å². The summed E-state index contributed by atoms with van der Waals surface area (Å²) in [6.07, 6.45) is 1.86. The number of aliphatic imine (C=N–C) groups is 1. The van der Waals surface area contributed by atoms with Crippen LogP contribution in [-0.2, 0) is 6.54 Å². The molecule has 1 heterocycles. The van der Waals surface area contributed by atoms with E-state index in [-0.39, 0.29) is 24.0 Å². The molecule has 0 aliphatic carbocycles. The highest BCUT2D eigenvalue weighted by atomic mass is 127. The first-order valence-electron chi connectivity index (χ1n) is 9.00. The molecule has 28 heavy (non-hydrogen) atoms. The summed E-state index contributed by atoms with van der Waals surface area (Å²) in [6.45, 7) is 3.62. The largest absolute Gasteiger partial charge is 0.355 e. The van der Waals surface area contributed by atoms with Gasteiger partial charge in [0.05, 0.1) is 18.4 Å². The van der Waals surface area contributed by atoms with Gasteiger partial charge in [-0.15, -0.1) is 35.7 Å². The van der Waals surface area contributed by atoms with Crippen molar-refractivity contribution in [2.24, 2.45) is 4.99 Å². The summed E-state index contributed by atoms with van der Waals surface area (Å²) in [6, 6.07) is 20.6. The molecule has 0 spiro atoms. The molecule has 0 saturated heterocycles. The Kier molecular flexibility index (Phi) is 9.36. The van der Waals surface area contributed by atoms with E-state index in [0.29, 0.717) is 11.8 Å². The number of guanidine groups is 1. The van der Waals surface area contributed by atoms with Crippen LogP contribution in [0, 0.1) is 0 Å². The average molecular weight is 507 g/mol. The van der Waals surface area contributed by atoms with E-state index in [0.717, 1.165) is 29.6 Å². The molecule has 0 fully saturated rings. The molecule has 148 valence electrons. The Morgan fingerprint density at radius 3 is 2.43 bits per heavy atom. The normalized spacial score (nSPS) is 12.1. The van der Waals surface area contributed by atoms with E-state index in [2.05, 4.69) is 68.9 Å². The number of nitrogens with one attached hydrogen (secondary N) is 3. The quantitative estimate of drug-likeness (QED) is 0.190. The van der Waals surface area contributed by atoms with Crippen LogP contribution >= 0.6 is 35.7 Å². The van der Waals surface area contributed by atoms with Crippen molar-refractivity contribution in [2.75, 3.05) is 13.6 Å². The lowest BCUT2D eigenvalue weighted by Crippen LogP contribution is -2.39. The lowest BCUT2D eigenvalue weighted by molar-refractivity contribution is 0.770. The minimum absolute atomic E-state index is 0. The predicted octanol–water partition coefficient (Wildman–Crippen LogP) is 4.54. The third-order valence-corrected chi connectivity index (χ3v) is 5.11. The fraction of sp³-hybridized carbons (Fsp3) is 0.238. The number of rotatable bonds is 7. The second-order valence-electron chi connectivity index (χ2n) is 6.16. The molecule has 3 N–H and O–H groups in total. The van der Waals surface area contributed by atoms with Crippen LogP contribution in [0.4, 0.5) is 0 Å². The van der Waals surface area contributed by atoms with Gasteiger partial charge in [0.15, 0.2) is 5.96 Å². The summed E-state index contributed by atoms with van der Waals surface area (Å²) in [4.78, 5) is 13.4. The number of hydrogen-bond donors (Lipinski definition) is 3. The lowest BCUT2D eigenvalue weighted by atomic mass is 10.2. The van der Waals surface area contributed by atoms with Crippen molar-refractivity contribution in [1.29, 1.82) is 0 Å². The van der Waals surface area contributed by atoms with Crippen LogP contribution in [0.25, 0.3) is 11.3 Å². The smallest absolute Gasteiger partial charge is 0.191 e. The molecule has 1 aromatic heterocycles. The molecule has 2 aromatic carbocycles. The molecule has 3 aromatic rings. The fourth-order valence-electron chi connectivity index (χ4n) is 2.62. The summed E-state index contributed by atoms with van der Waals surface area (Å²) in [5, 5.41) is 7.11. The average Bonchev–Trinajstić information content (AvgIpc) is 3.19. The maximum Gasteiger partial charge on any atom is 0.191 e. The van der Waals surface area contributed by atoms with Crippen molar-refractivity contribution in [3.8, 4) is 11.3 Å². The van der Waals surface area contributed by atoms with Crippen LogP contribution in [0.2, 0.25) is 0 Å². The molecular formula is C21H26IN5S. The molecule has 0 amide bonds. The summed E-state index contributed by atoms with van der Waals surface area (Å²) in [5.74, 6) is 1.65. The van der Waals surface area contributed by atoms with Gasteiger partial charge < -0.3 is 15.6 Å². The van der Waals surface area contributed by atoms with Crippen LogP contribution in [0.1, 0.15) is 12.7 Å². The maximum absolute atomic E-state index is 4.44. The highest BCUT2D eigenvalue weighted by Crippen LogP contribution is 2.21. The predicted molar refractivity (Wildman–Crippen MR) is 129 cm³/mol. The summed E-state index contributed by atoms with van der Waals surface area (Å²) in [7, 11) is 1.78. The van der Waals surface area contributed by atoms with Crippen molar-refractivity contribution in [2.45, 2.75) is 23.6 Å². The molecular weight excluding hydrogens is 481 g/mol. The summed E-state index contributed by atoms with van der Waals surface area (Å²) in [5.41, 5.74) is 2.15. The number of hydrogen-bond acceptors (Lipinski definition) is 3. The SMILES string of the molecule is CN=C(NCc1ncc(-c2ccccc2)[nH]1)NCC(C)Sc1ccccc1.I. The van der Waals surface area contributed by atoms with Gasteiger partial charge in [-0.05, 0) is 17.7 Å². The Morgan fingerprint density at radius 1 is 1.07 bits per heavy atom. The molecule has 7 heteroatoms. The Bertz CT molecular complexity index is 852. The minimum atomic E-state index is 0. The van der Waals surface area contributed by atoms with Crippen LogP contribution in [0.3, 0.4) is 0 Å². The van der Waals surface area contributed by atoms with E-state index in [9.17, 15) is 0 Å². The van der Waals surface area contributed by atoms with Crippen LogP contribution < -0.4 is 10.6 Å². The van der Waals surface area contributed by atoms with Gasteiger partial charge in [0.25, 0.3) is 0 Å². The third-order valence-electron chi connectivity index (χ3n) is 4.00. The van der Waals surface area contributed by atoms with E-state index < -0.39 is 0 Å². The van der Waals surface area contributed by atoms with Crippen molar-refractivity contribution in [3.63, 3.8) is 0 Å². The summed E-state index contributed by atoms with van der Waals surface area (Å²) < 4.78 is 0. The van der Waals surface area contributed by atoms with Crippen molar-refractivity contribution in [1.82, 2.24) is 20.6 Å². The Balaban J connectivity index is 0.00000280. The molecule has 0 aliphatic rings. The van der Waals surface area contributed by atoms with E-state index in [1.54, 1.807) is 7.05 Å². The van der Waals surface area contributed by atoms with Gasteiger partial charge >= 0.3 is 0 Å². The first-order valence-corrected chi connectivity index (χ1v) is 9.88. The first-order chi connectivity index (χ1) is 13.2. The van der Waals surface area contributed by atoms with Crippen molar-refractivity contribution in [3.05, 3.63) is 72.7 Å². The number of aromatic amines is 1. The number of H-pyrrole nitrogens is 1. The maximum atomic E-state index is 4.44. The van der Waals surface area contributed by atoms with Crippen molar-refractivity contribution >= 4 is 41.7 Å². The number of halogens is 1. The van der Waals surface area contributed by atoms with Crippen LogP contribution in [0.15, 0.2) is 76.7 Å². The van der Waals surface area contributed by atoms with Gasteiger partial charge in [0, 0.05) is 23.7 Å². The molecule has 1 atom stereocenters. The lowest BCUT2D eigenvalue weighted by Gasteiger charge is -2.15. The molecule has 0 saturated carbocycles. The van der Waals surface area contributed by atoms with E-state index >= 15 is 0 Å².